The number of halogens is 3. The Bertz CT molecular complexity index is 193. The van der Waals surface area contributed by atoms with Crippen LogP contribution in [0.1, 0.15) is 46.5 Å². The van der Waals surface area contributed by atoms with Gasteiger partial charge < -0.3 is 5.32 Å². The van der Waals surface area contributed by atoms with E-state index in [0.29, 0.717) is 6.54 Å². The van der Waals surface area contributed by atoms with Crippen molar-refractivity contribution in [1.29, 1.82) is 0 Å². The Morgan fingerprint density at radius 2 is 1.67 bits per heavy atom. The van der Waals surface area contributed by atoms with Gasteiger partial charge in [0.1, 0.15) is 0 Å². The van der Waals surface area contributed by atoms with Crippen molar-refractivity contribution in [3.8, 4) is 0 Å². The van der Waals surface area contributed by atoms with Crippen LogP contribution in [-0.4, -0.2) is 43.3 Å². The highest BCUT2D eigenvalue weighted by atomic mass is 19.4. The van der Waals surface area contributed by atoms with Crippen molar-refractivity contribution in [2.45, 2.75) is 58.7 Å². The van der Waals surface area contributed by atoms with Crippen molar-refractivity contribution in [2.75, 3.05) is 26.2 Å². The van der Waals surface area contributed by atoms with E-state index in [0.717, 1.165) is 38.8 Å². The monoisotopic (exact) mass is 268 g/mol. The molecule has 0 aliphatic rings. The second-order valence-corrected chi connectivity index (χ2v) is 4.95. The van der Waals surface area contributed by atoms with Gasteiger partial charge in [-0.3, -0.25) is 4.90 Å². The first-order valence-corrected chi connectivity index (χ1v) is 6.88. The van der Waals surface area contributed by atoms with E-state index in [-0.39, 0.29) is 6.04 Å². The minimum Gasteiger partial charge on any atom is -0.317 e. The molecular weight excluding hydrogens is 241 g/mol. The molecule has 1 N–H and O–H groups in total. The average molecular weight is 268 g/mol. The van der Waals surface area contributed by atoms with Gasteiger partial charge in [-0.15, -0.1) is 0 Å². The summed E-state index contributed by atoms with van der Waals surface area (Å²) in [6.45, 7) is 7.44. The van der Waals surface area contributed by atoms with E-state index >= 15 is 0 Å². The number of nitrogens with zero attached hydrogens (tertiary/aromatic N) is 1. The molecule has 5 heteroatoms. The van der Waals surface area contributed by atoms with Gasteiger partial charge in [-0.2, -0.15) is 13.2 Å². The molecule has 0 atom stereocenters. The van der Waals surface area contributed by atoms with Crippen molar-refractivity contribution < 1.29 is 13.2 Å². The van der Waals surface area contributed by atoms with Crippen LogP contribution in [0.3, 0.4) is 0 Å². The van der Waals surface area contributed by atoms with E-state index in [9.17, 15) is 13.2 Å². The fourth-order valence-electron chi connectivity index (χ4n) is 1.85. The van der Waals surface area contributed by atoms with Gasteiger partial charge in [-0.25, -0.2) is 0 Å². The zero-order chi connectivity index (χ0) is 14.0. The van der Waals surface area contributed by atoms with Crippen LogP contribution in [0.25, 0.3) is 0 Å². The van der Waals surface area contributed by atoms with Crippen LogP contribution in [0.4, 0.5) is 13.2 Å². The molecule has 0 amide bonds. The summed E-state index contributed by atoms with van der Waals surface area (Å²) in [5.74, 6) is 0. The predicted octanol–water partition coefficient (Wildman–Crippen LogP) is 3.43. The molecular formula is C13H27F3N2. The maximum absolute atomic E-state index is 12.3. The third-order valence-electron chi connectivity index (χ3n) is 2.91. The SMILES string of the molecule is CCNCCCCCCN(CC(F)(F)F)C(C)C. The maximum atomic E-state index is 12.3. The van der Waals surface area contributed by atoms with Crippen molar-refractivity contribution in [3.05, 3.63) is 0 Å². The number of hydrogen-bond acceptors (Lipinski definition) is 2. The van der Waals surface area contributed by atoms with Gasteiger partial charge in [0, 0.05) is 6.04 Å². The Kier molecular flexibility index (Phi) is 9.46. The molecule has 0 aromatic heterocycles. The van der Waals surface area contributed by atoms with E-state index in [4.69, 9.17) is 0 Å². The van der Waals surface area contributed by atoms with Crippen LogP contribution in [-0.2, 0) is 0 Å². The summed E-state index contributed by atoms with van der Waals surface area (Å²) in [7, 11) is 0. The summed E-state index contributed by atoms with van der Waals surface area (Å²) < 4.78 is 37.0. The Labute approximate surface area is 109 Å². The largest absolute Gasteiger partial charge is 0.401 e. The summed E-state index contributed by atoms with van der Waals surface area (Å²) in [4.78, 5) is 1.50. The molecule has 0 unspecified atom stereocenters. The van der Waals surface area contributed by atoms with Crippen LogP contribution < -0.4 is 5.32 Å². The second-order valence-electron chi connectivity index (χ2n) is 4.95. The van der Waals surface area contributed by atoms with Gasteiger partial charge in [0.15, 0.2) is 0 Å². The van der Waals surface area contributed by atoms with E-state index in [1.54, 1.807) is 0 Å². The fraction of sp³-hybridized carbons (Fsp3) is 1.00. The molecule has 0 aliphatic carbocycles. The first-order valence-electron chi connectivity index (χ1n) is 6.88. The lowest BCUT2D eigenvalue weighted by Gasteiger charge is -2.27. The minimum atomic E-state index is -4.09. The molecule has 0 saturated heterocycles. The van der Waals surface area contributed by atoms with E-state index in [1.165, 1.54) is 4.90 Å². The van der Waals surface area contributed by atoms with Crippen LogP contribution in [0.5, 0.6) is 0 Å². The van der Waals surface area contributed by atoms with Crippen LogP contribution in [0, 0.1) is 0 Å². The molecule has 2 nitrogen and oxygen atoms in total. The first kappa shape index (κ1) is 17.7. The summed E-state index contributed by atoms with van der Waals surface area (Å²) in [5, 5.41) is 3.24. The molecule has 0 fully saturated rings. The Morgan fingerprint density at radius 1 is 1.06 bits per heavy atom. The molecule has 0 aromatic carbocycles. The molecule has 18 heavy (non-hydrogen) atoms. The molecule has 0 aliphatic heterocycles. The van der Waals surface area contributed by atoms with Gasteiger partial charge in [0.25, 0.3) is 0 Å². The predicted molar refractivity (Wildman–Crippen MR) is 69.8 cm³/mol. The smallest absolute Gasteiger partial charge is 0.317 e. The third-order valence-corrected chi connectivity index (χ3v) is 2.91. The quantitative estimate of drug-likeness (QED) is 0.611. The Hall–Kier alpha value is -0.290. The fourth-order valence-corrected chi connectivity index (χ4v) is 1.85. The standard InChI is InChI=1S/C13H27F3N2/c1-4-17-9-7-5-6-8-10-18(12(2)3)11-13(14,15)16/h12,17H,4-11H2,1-3H3. The van der Waals surface area contributed by atoms with Gasteiger partial charge in [-0.05, 0) is 46.3 Å². The maximum Gasteiger partial charge on any atom is 0.401 e. The normalized spacial score (nSPS) is 12.7. The third kappa shape index (κ3) is 10.8. The van der Waals surface area contributed by atoms with Gasteiger partial charge >= 0.3 is 6.18 Å². The lowest BCUT2D eigenvalue weighted by atomic mass is 10.1. The topological polar surface area (TPSA) is 15.3 Å². The number of alkyl halides is 3. The number of nitrogens with one attached hydrogen (secondary N) is 1. The highest BCUT2D eigenvalue weighted by Gasteiger charge is 2.31. The highest BCUT2D eigenvalue weighted by molar-refractivity contribution is 4.67. The first-order chi connectivity index (χ1) is 8.37. The van der Waals surface area contributed by atoms with Crippen LogP contribution in [0.2, 0.25) is 0 Å². The number of rotatable bonds is 10. The van der Waals surface area contributed by atoms with Crippen molar-refractivity contribution in [1.82, 2.24) is 10.2 Å². The number of hydrogen-bond donors (Lipinski definition) is 1. The Morgan fingerprint density at radius 3 is 2.17 bits per heavy atom. The van der Waals surface area contributed by atoms with Crippen LogP contribution >= 0.6 is 0 Å². The average Bonchev–Trinajstić information content (AvgIpc) is 2.24. The number of unbranched alkanes of at least 4 members (excludes halogenated alkanes) is 3. The van der Waals surface area contributed by atoms with Gasteiger partial charge in [0.05, 0.1) is 6.54 Å². The molecule has 0 rings (SSSR count). The summed E-state index contributed by atoms with van der Waals surface area (Å²) >= 11 is 0. The second kappa shape index (κ2) is 9.62. The van der Waals surface area contributed by atoms with Crippen molar-refractivity contribution in [2.24, 2.45) is 0 Å². The van der Waals surface area contributed by atoms with Gasteiger partial charge in [0.2, 0.25) is 0 Å². The molecule has 0 heterocycles. The van der Waals surface area contributed by atoms with Gasteiger partial charge in [-0.1, -0.05) is 19.8 Å². The van der Waals surface area contributed by atoms with E-state index in [2.05, 4.69) is 12.2 Å². The molecule has 0 aromatic rings. The molecule has 110 valence electrons. The summed E-state index contributed by atoms with van der Waals surface area (Å²) in [5.41, 5.74) is 0. The lowest BCUT2D eigenvalue weighted by molar-refractivity contribution is -0.149. The molecule has 0 spiro atoms. The molecule has 0 radical (unpaired) electrons. The lowest BCUT2D eigenvalue weighted by Crippen LogP contribution is -2.39. The Balaban J connectivity index is 3.65. The van der Waals surface area contributed by atoms with E-state index < -0.39 is 12.7 Å². The molecule has 0 saturated carbocycles. The molecule has 0 bridgehead atoms. The summed E-state index contributed by atoms with van der Waals surface area (Å²) in [6, 6.07) is -0.0478. The zero-order valence-corrected chi connectivity index (χ0v) is 11.8. The van der Waals surface area contributed by atoms with Crippen LogP contribution in [0.15, 0.2) is 0 Å². The highest BCUT2D eigenvalue weighted by Crippen LogP contribution is 2.18. The summed E-state index contributed by atoms with van der Waals surface area (Å²) in [6.07, 6.45) is -0.0398. The van der Waals surface area contributed by atoms with Crippen molar-refractivity contribution in [3.63, 3.8) is 0 Å². The van der Waals surface area contributed by atoms with E-state index in [1.807, 2.05) is 13.8 Å². The van der Waals surface area contributed by atoms with Crippen molar-refractivity contribution >= 4 is 0 Å². The zero-order valence-electron chi connectivity index (χ0n) is 11.8. The minimum absolute atomic E-state index is 0.0478.